The lowest BCUT2D eigenvalue weighted by molar-refractivity contribution is -0.114. The molecule has 2 N–H and O–H groups in total. The summed E-state index contributed by atoms with van der Waals surface area (Å²) in [6.07, 6.45) is 5.68. The largest absolute Gasteiger partial charge is 0.461 e. The molecule has 1 aromatic carbocycles. The fourth-order valence-electron chi connectivity index (χ4n) is 2.02. The average Bonchev–Trinajstić information content (AvgIpc) is 2.29. The van der Waals surface area contributed by atoms with Crippen LogP contribution in [0.15, 0.2) is 42.4 Å². The van der Waals surface area contributed by atoms with Gasteiger partial charge in [-0.1, -0.05) is 12.1 Å². The number of primary amides is 1. The molecule has 0 unspecified atom stereocenters. The van der Waals surface area contributed by atoms with Crippen LogP contribution < -0.4 is 15.4 Å². The molecule has 0 fully saturated rings. The van der Waals surface area contributed by atoms with Crippen molar-refractivity contribution in [3.63, 3.8) is 0 Å². The molecule has 0 bridgehead atoms. The predicted molar refractivity (Wildman–Crippen MR) is 59.7 cm³/mol. The number of anilines is 1. The van der Waals surface area contributed by atoms with E-state index in [0.29, 0.717) is 12.0 Å². The van der Waals surface area contributed by atoms with Crippen LogP contribution in [-0.2, 0) is 11.2 Å². The van der Waals surface area contributed by atoms with Crippen molar-refractivity contribution in [1.29, 1.82) is 0 Å². The number of ether oxygens (including phenoxy) is 1. The molecule has 3 rings (SSSR count). The van der Waals surface area contributed by atoms with Gasteiger partial charge < -0.3 is 15.4 Å². The SMILES string of the molecule is NC(=O)C1=CN2C=COc3cccc(c32)C1. The summed E-state index contributed by atoms with van der Waals surface area (Å²) < 4.78 is 5.40. The van der Waals surface area contributed by atoms with Crippen LogP contribution in [0.4, 0.5) is 5.69 Å². The molecule has 0 saturated heterocycles. The molecular weight excluding hydrogens is 204 g/mol. The van der Waals surface area contributed by atoms with Gasteiger partial charge in [-0.05, 0) is 11.6 Å². The van der Waals surface area contributed by atoms with Crippen LogP contribution in [0.5, 0.6) is 5.75 Å². The highest BCUT2D eigenvalue weighted by molar-refractivity contribution is 5.94. The zero-order valence-electron chi connectivity index (χ0n) is 8.51. The highest BCUT2D eigenvalue weighted by atomic mass is 16.5. The molecule has 80 valence electrons. The van der Waals surface area contributed by atoms with E-state index in [4.69, 9.17) is 10.5 Å². The van der Waals surface area contributed by atoms with Crippen molar-refractivity contribution in [3.8, 4) is 5.75 Å². The molecule has 2 heterocycles. The van der Waals surface area contributed by atoms with Crippen LogP contribution in [0.2, 0.25) is 0 Å². The fraction of sp³-hybridized carbons (Fsp3) is 0.0833. The first-order valence-corrected chi connectivity index (χ1v) is 5.00. The normalized spacial score (nSPS) is 16.2. The third-order valence-corrected chi connectivity index (χ3v) is 2.75. The Morgan fingerprint density at radius 1 is 1.44 bits per heavy atom. The van der Waals surface area contributed by atoms with E-state index in [1.165, 1.54) is 0 Å². The monoisotopic (exact) mass is 214 g/mol. The number of benzene rings is 1. The molecule has 0 radical (unpaired) electrons. The minimum Gasteiger partial charge on any atom is -0.461 e. The van der Waals surface area contributed by atoms with Gasteiger partial charge in [0.05, 0.1) is 5.69 Å². The van der Waals surface area contributed by atoms with Gasteiger partial charge in [-0.2, -0.15) is 0 Å². The molecular formula is C12H10N2O2. The maximum atomic E-state index is 11.2. The van der Waals surface area contributed by atoms with Crippen molar-refractivity contribution in [2.45, 2.75) is 6.42 Å². The Balaban J connectivity index is 2.16. The zero-order valence-corrected chi connectivity index (χ0v) is 8.51. The van der Waals surface area contributed by atoms with Crippen molar-refractivity contribution in [1.82, 2.24) is 0 Å². The summed E-state index contributed by atoms with van der Waals surface area (Å²) in [6.45, 7) is 0. The van der Waals surface area contributed by atoms with E-state index in [1.807, 2.05) is 23.1 Å². The van der Waals surface area contributed by atoms with Crippen molar-refractivity contribution in [3.05, 3.63) is 48.0 Å². The smallest absolute Gasteiger partial charge is 0.246 e. The molecule has 1 aromatic rings. The molecule has 4 heteroatoms. The fourth-order valence-corrected chi connectivity index (χ4v) is 2.02. The van der Waals surface area contributed by atoms with Gasteiger partial charge in [-0.3, -0.25) is 4.79 Å². The van der Waals surface area contributed by atoms with Crippen LogP contribution in [0.1, 0.15) is 5.56 Å². The van der Waals surface area contributed by atoms with E-state index in [9.17, 15) is 4.79 Å². The Bertz CT molecular complexity index is 532. The summed E-state index contributed by atoms with van der Waals surface area (Å²) in [7, 11) is 0. The number of rotatable bonds is 1. The Morgan fingerprint density at radius 2 is 2.31 bits per heavy atom. The Hall–Kier alpha value is -2.23. The molecule has 0 aliphatic carbocycles. The minimum atomic E-state index is -0.379. The highest BCUT2D eigenvalue weighted by Crippen LogP contribution is 2.39. The summed E-state index contributed by atoms with van der Waals surface area (Å²) in [5.41, 5.74) is 7.96. The maximum absolute atomic E-state index is 11.2. The van der Waals surface area contributed by atoms with Gasteiger partial charge in [-0.15, -0.1) is 0 Å². The van der Waals surface area contributed by atoms with Crippen LogP contribution >= 0.6 is 0 Å². The van der Waals surface area contributed by atoms with E-state index < -0.39 is 0 Å². The van der Waals surface area contributed by atoms with Crippen LogP contribution in [0.3, 0.4) is 0 Å². The van der Waals surface area contributed by atoms with Crippen LogP contribution in [-0.4, -0.2) is 5.91 Å². The van der Waals surface area contributed by atoms with Crippen molar-refractivity contribution in [2.24, 2.45) is 5.73 Å². The van der Waals surface area contributed by atoms with Crippen molar-refractivity contribution in [2.75, 3.05) is 4.90 Å². The second kappa shape index (κ2) is 3.13. The zero-order chi connectivity index (χ0) is 11.1. The van der Waals surface area contributed by atoms with Gasteiger partial charge in [0.2, 0.25) is 5.91 Å². The number of carbonyl (C=O) groups is 1. The number of amides is 1. The molecule has 2 aliphatic heterocycles. The lowest BCUT2D eigenvalue weighted by Gasteiger charge is -2.29. The first-order valence-electron chi connectivity index (χ1n) is 5.00. The number of hydrogen-bond donors (Lipinski definition) is 1. The lowest BCUT2D eigenvalue weighted by atomic mass is 9.98. The third-order valence-electron chi connectivity index (χ3n) is 2.75. The summed E-state index contributed by atoms with van der Waals surface area (Å²) >= 11 is 0. The molecule has 1 amide bonds. The number of hydrogen-bond acceptors (Lipinski definition) is 3. The summed E-state index contributed by atoms with van der Waals surface area (Å²) in [5.74, 6) is 0.427. The molecule has 16 heavy (non-hydrogen) atoms. The number of carbonyl (C=O) groups excluding carboxylic acids is 1. The van der Waals surface area contributed by atoms with Crippen molar-refractivity contribution < 1.29 is 9.53 Å². The summed E-state index contributed by atoms with van der Waals surface area (Å²) in [6, 6.07) is 5.79. The standard InChI is InChI=1S/C12H10N2O2/c13-12(15)9-6-8-2-1-3-10-11(8)14(7-9)4-5-16-10/h1-5,7H,6H2,(H2,13,15). The third kappa shape index (κ3) is 1.20. The minimum absolute atomic E-state index is 0.379. The van der Waals surface area contributed by atoms with E-state index >= 15 is 0 Å². The quantitative estimate of drug-likeness (QED) is 0.766. The van der Waals surface area contributed by atoms with Gasteiger partial charge in [0.15, 0.2) is 5.75 Å². The van der Waals surface area contributed by atoms with E-state index in [0.717, 1.165) is 17.0 Å². The Kier molecular flexibility index (Phi) is 1.77. The highest BCUT2D eigenvalue weighted by Gasteiger charge is 2.24. The van der Waals surface area contributed by atoms with Gasteiger partial charge in [-0.25, -0.2) is 0 Å². The second-order valence-electron chi connectivity index (χ2n) is 3.77. The van der Waals surface area contributed by atoms with Gasteiger partial charge >= 0.3 is 0 Å². The second-order valence-corrected chi connectivity index (χ2v) is 3.77. The summed E-state index contributed by atoms with van der Waals surface area (Å²) in [4.78, 5) is 13.1. The van der Waals surface area contributed by atoms with Crippen LogP contribution in [0.25, 0.3) is 0 Å². The van der Waals surface area contributed by atoms with Gasteiger partial charge in [0, 0.05) is 24.4 Å². The van der Waals surface area contributed by atoms with Crippen LogP contribution in [0, 0.1) is 0 Å². The van der Waals surface area contributed by atoms with E-state index in [1.54, 1.807) is 18.7 Å². The number of para-hydroxylation sites is 1. The first-order chi connectivity index (χ1) is 7.75. The molecule has 0 saturated carbocycles. The van der Waals surface area contributed by atoms with Gasteiger partial charge in [0.1, 0.15) is 6.26 Å². The predicted octanol–water partition coefficient (Wildman–Crippen LogP) is 1.28. The first kappa shape index (κ1) is 9.03. The molecule has 0 atom stereocenters. The molecule has 0 spiro atoms. The Morgan fingerprint density at radius 3 is 3.12 bits per heavy atom. The van der Waals surface area contributed by atoms with Gasteiger partial charge in [0.25, 0.3) is 0 Å². The number of nitrogens with two attached hydrogens (primary N) is 1. The van der Waals surface area contributed by atoms with Crippen molar-refractivity contribution >= 4 is 11.6 Å². The molecule has 2 aliphatic rings. The van der Waals surface area contributed by atoms with E-state index in [2.05, 4.69) is 0 Å². The molecule has 0 aromatic heterocycles. The maximum Gasteiger partial charge on any atom is 0.246 e. The van der Waals surface area contributed by atoms with E-state index in [-0.39, 0.29) is 5.91 Å². The average molecular weight is 214 g/mol. The number of nitrogens with zero attached hydrogens (tertiary/aromatic N) is 1. The lowest BCUT2D eigenvalue weighted by Crippen LogP contribution is -2.25. The topological polar surface area (TPSA) is 55.6 Å². The summed E-state index contributed by atoms with van der Waals surface area (Å²) in [5, 5.41) is 0. The Labute approximate surface area is 92.6 Å². The molecule has 4 nitrogen and oxygen atoms in total.